The van der Waals surface area contributed by atoms with Gasteiger partial charge < -0.3 is 15.4 Å². The molecule has 1 saturated carbocycles. The number of ether oxygens (including phenoxy) is 1. The van der Waals surface area contributed by atoms with Crippen molar-refractivity contribution >= 4 is 11.7 Å². The fourth-order valence-corrected chi connectivity index (χ4v) is 3.81. The zero-order valence-electron chi connectivity index (χ0n) is 16.7. The third-order valence-corrected chi connectivity index (χ3v) is 4.96. The minimum absolute atomic E-state index is 0.271. The van der Waals surface area contributed by atoms with Crippen LogP contribution in [-0.4, -0.2) is 31.2 Å². The maximum atomic E-state index is 12.7. The molecule has 0 aromatic heterocycles. The predicted molar refractivity (Wildman–Crippen MR) is 108 cm³/mol. The molecule has 2 N–H and O–H groups in total. The van der Waals surface area contributed by atoms with Crippen LogP contribution in [0.4, 0.5) is 5.69 Å². The number of carbonyl (C=O) groups is 1. The molecule has 1 fully saturated rings. The zero-order chi connectivity index (χ0) is 19.3. The molecule has 2 rings (SSSR count). The minimum atomic E-state index is -0.506. The second-order valence-corrected chi connectivity index (χ2v) is 8.10. The molecule has 0 radical (unpaired) electrons. The van der Waals surface area contributed by atoms with E-state index in [1.807, 2.05) is 40.0 Å². The SMILES string of the molecule is C#CCNC1CCC(c2c(C)ccc(C(=O)OC(C)(C)C)c2NC)CC1. The summed E-state index contributed by atoms with van der Waals surface area (Å²) >= 11 is 0. The van der Waals surface area contributed by atoms with Gasteiger partial charge in [0, 0.05) is 13.1 Å². The van der Waals surface area contributed by atoms with Crippen molar-refractivity contribution in [3.05, 3.63) is 28.8 Å². The van der Waals surface area contributed by atoms with Gasteiger partial charge in [-0.3, -0.25) is 0 Å². The van der Waals surface area contributed by atoms with Crippen LogP contribution < -0.4 is 10.6 Å². The van der Waals surface area contributed by atoms with Gasteiger partial charge >= 0.3 is 5.97 Å². The lowest BCUT2D eigenvalue weighted by Crippen LogP contribution is -2.33. The van der Waals surface area contributed by atoms with Crippen LogP contribution in [0, 0.1) is 19.3 Å². The van der Waals surface area contributed by atoms with Crippen molar-refractivity contribution in [3.63, 3.8) is 0 Å². The molecule has 0 heterocycles. The van der Waals surface area contributed by atoms with E-state index in [1.165, 1.54) is 11.1 Å². The molecule has 4 heteroatoms. The number of nitrogens with one attached hydrogen (secondary N) is 2. The Kier molecular flexibility index (Phi) is 6.72. The molecule has 4 nitrogen and oxygen atoms in total. The van der Waals surface area contributed by atoms with Gasteiger partial charge in [-0.1, -0.05) is 12.0 Å². The molecule has 0 amide bonds. The van der Waals surface area contributed by atoms with E-state index in [2.05, 4.69) is 23.5 Å². The Bertz CT molecular complexity index is 675. The van der Waals surface area contributed by atoms with Gasteiger partial charge in [0.05, 0.1) is 17.8 Å². The number of carbonyl (C=O) groups excluding carboxylic acids is 1. The molecule has 0 spiro atoms. The van der Waals surface area contributed by atoms with Crippen LogP contribution in [0.3, 0.4) is 0 Å². The van der Waals surface area contributed by atoms with Crippen molar-refractivity contribution < 1.29 is 9.53 Å². The summed E-state index contributed by atoms with van der Waals surface area (Å²) in [6, 6.07) is 4.41. The monoisotopic (exact) mass is 356 g/mol. The van der Waals surface area contributed by atoms with E-state index in [0.29, 0.717) is 24.1 Å². The first-order valence-electron chi connectivity index (χ1n) is 9.48. The first kappa shape index (κ1) is 20.3. The second kappa shape index (κ2) is 8.60. The Morgan fingerprint density at radius 2 is 1.92 bits per heavy atom. The third-order valence-electron chi connectivity index (χ3n) is 4.96. The zero-order valence-corrected chi connectivity index (χ0v) is 16.7. The average Bonchev–Trinajstić information content (AvgIpc) is 2.58. The highest BCUT2D eigenvalue weighted by Crippen LogP contribution is 2.40. The number of hydrogen-bond acceptors (Lipinski definition) is 4. The van der Waals surface area contributed by atoms with Gasteiger partial charge in [-0.2, -0.15) is 0 Å². The van der Waals surface area contributed by atoms with Crippen molar-refractivity contribution in [1.82, 2.24) is 5.32 Å². The smallest absolute Gasteiger partial charge is 0.340 e. The third kappa shape index (κ3) is 5.02. The molecule has 1 aromatic rings. The lowest BCUT2D eigenvalue weighted by atomic mass is 9.78. The van der Waals surface area contributed by atoms with E-state index in [1.54, 1.807) is 0 Å². The van der Waals surface area contributed by atoms with Gasteiger partial charge in [0.2, 0.25) is 0 Å². The summed E-state index contributed by atoms with van der Waals surface area (Å²) in [5, 5.41) is 6.69. The van der Waals surface area contributed by atoms with Crippen LogP contribution >= 0.6 is 0 Å². The molecule has 142 valence electrons. The molecule has 0 saturated heterocycles. The number of hydrogen-bond donors (Lipinski definition) is 2. The molecular weight excluding hydrogens is 324 g/mol. The molecule has 1 aromatic carbocycles. The van der Waals surface area contributed by atoms with Crippen LogP contribution in [0.2, 0.25) is 0 Å². The van der Waals surface area contributed by atoms with Gasteiger partial charge in [-0.15, -0.1) is 6.42 Å². The topological polar surface area (TPSA) is 50.4 Å². The number of rotatable bonds is 5. The fraction of sp³-hybridized carbons (Fsp3) is 0.591. The normalized spacial score (nSPS) is 20.3. The summed E-state index contributed by atoms with van der Waals surface area (Å²) in [4.78, 5) is 12.7. The van der Waals surface area contributed by atoms with Crippen LogP contribution in [-0.2, 0) is 4.74 Å². The van der Waals surface area contributed by atoms with E-state index in [4.69, 9.17) is 11.2 Å². The summed E-state index contributed by atoms with van der Waals surface area (Å²) in [6.45, 7) is 8.43. The molecule has 0 unspecified atom stereocenters. The highest BCUT2D eigenvalue weighted by atomic mass is 16.6. The Labute approximate surface area is 158 Å². The van der Waals surface area contributed by atoms with E-state index in [-0.39, 0.29) is 5.97 Å². The number of benzene rings is 1. The molecule has 0 bridgehead atoms. The van der Waals surface area contributed by atoms with Crippen molar-refractivity contribution in [3.8, 4) is 12.3 Å². The van der Waals surface area contributed by atoms with Crippen molar-refractivity contribution in [2.24, 2.45) is 0 Å². The van der Waals surface area contributed by atoms with E-state index < -0.39 is 5.60 Å². The first-order valence-corrected chi connectivity index (χ1v) is 9.48. The first-order chi connectivity index (χ1) is 12.3. The molecule has 26 heavy (non-hydrogen) atoms. The van der Waals surface area contributed by atoms with Crippen molar-refractivity contribution in [2.75, 3.05) is 18.9 Å². The highest BCUT2D eigenvalue weighted by Gasteiger charge is 2.28. The van der Waals surface area contributed by atoms with Crippen molar-refractivity contribution in [2.45, 2.75) is 70.9 Å². The van der Waals surface area contributed by atoms with Crippen LogP contribution in [0.5, 0.6) is 0 Å². The van der Waals surface area contributed by atoms with Gasteiger partial charge in [-0.25, -0.2) is 4.79 Å². The minimum Gasteiger partial charge on any atom is -0.456 e. The Balaban J connectivity index is 2.25. The molecule has 0 aliphatic heterocycles. The molecular formula is C22H32N2O2. The Morgan fingerprint density at radius 3 is 2.46 bits per heavy atom. The van der Waals surface area contributed by atoms with E-state index in [9.17, 15) is 4.79 Å². The Hall–Kier alpha value is -1.99. The van der Waals surface area contributed by atoms with E-state index in [0.717, 1.165) is 31.4 Å². The van der Waals surface area contributed by atoms with Gasteiger partial charge in [-0.05, 0) is 76.5 Å². The second-order valence-electron chi connectivity index (χ2n) is 8.10. The Morgan fingerprint density at radius 1 is 1.27 bits per heavy atom. The van der Waals surface area contributed by atoms with Gasteiger partial charge in [0.1, 0.15) is 5.60 Å². The molecule has 0 atom stereocenters. The number of anilines is 1. The lowest BCUT2D eigenvalue weighted by molar-refractivity contribution is 0.00705. The maximum Gasteiger partial charge on any atom is 0.340 e. The number of esters is 1. The van der Waals surface area contributed by atoms with Crippen LogP contribution in [0.15, 0.2) is 12.1 Å². The average molecular weight is 357 g/mol. The summed E-state index contributed by atoms with van der Waals surface area (Å²) in [6.07, 6.45) is 9.74. The quantitative estimate of drug-likeness (QED) is 0.612. The van der Waals surface area contributed by atoms with E-state index >= 15 is 0 Å². The summed E-state index contributed by atoms with van der Waals surface area (Å²) in [5.41, 5.74) is 3.51. The van der Waals surface area contributed by atoms with Crippen molar-refractivity contribution in [1.29, 1.82) is 0 Å². The predicted octanol–water partition coefficient (Wildman–Crippen LogP) is 4.24. The number of terminal acetylenes is 1. The highest BCUT2D eigenvalue weighted by molar-refractivity contribution is 5.97. The summed E-state index contributed by atoms with van der Waals surface area (Å²) in [7, 11) is 1.88. The molecule has 1 aliphatic rings. The fourth-order valence-electron chi connectivity index (χ4n) is 3.81. The molecule has 1 aliphatic carbocycles. The number of aryl methyl sites for hydroxylation is 1. The maximum absolute atomic E-state index is 12.7. The summed E-state index contributed by atoms with van der Waals surface area (Å²) in [5.74, 6) is 2.83. The summed E-state index contributed by atoms with van der Waals surface area (Å²) < 4.78 is 5.60. The van der Waals surface area contributed by atoms with Gasteiger partial charge in [0.15, 0.2) is 0 Å². The van der Waals surface area contributed by atoms with Gasteiger partial charge in [0.25, 0.3) is 0 Å². The largest absolute Gasteiger partial charge is 0.456 e. The standard InChI is InChI=1S/C22H32N2O2/c1-7-14-24-17-11-9-16(10-12-17)19-15(2)8-13-18(20(19)23-6)21(25)26-22(3,4)5/h1,8,13,16-17,23-24H,9-12,14H2,2-6H3. The van der Waals surface area contributed by atoms with Crippen LogP contribution in [0.25, 0.3) is 0 Å². The lowest BCUT2D eigenvalue weighted by Gasteiger charge is -2.32. The van der Waals surface area contributed by atoms with Crippen LogP contribution in [0.1, 0.15) is 73.9 Å².